The molecule has 0 saturated carbocycles. The van der Waals surface area contributed by atoms with Crippen molar-refractivity contribution < 1.29 is 53.6 Å². The third-order valence-corrected chi connectivity index (χ3v) is 0. The summed E-state index contributed by atoms with van der Waals surface area (Å²) in [6.07, 6.45) is 0. The van der Waals surface area contributed by atoms with Crippen molar-refractivity contribution in [3.05, 3.63) is 0 Å². The van der Waals surface area contributed by atoms with E-state index in [4.69, 9.17) is 19.8 Å². The van der Waals surface area contributed by atoms with Crippen molar-refractivity contribution in [2.45, 2.75) is 13.8 Å². The fraction of sp³-hybridized carbons (Fsp3) is 0.500. The molecule has 0 fully saturated rings. The molecule has 0 saturated heterocycles. The number of hydrogen-bond donors (Lipinski definition) is 0. The molecule has 0 atom stereocenters. The number of aliphatic carboxylic acids is 2. The first-order chi connectivity index (χ1) is 3.46. The van der Waals surface area contributed by atoms with Gasteiger partial charge in [0.1, 0.15) is 0 Å². The number of carboxylic acids is 2. The van der Waals surface area contributed by atoms with Crippen molar-refractivity contribution in [3.8, 4) is 0 Å². The topological polar surface area (TPSA) is 80.3 Å². The molecule has 4 nitrogen and oxygen atoms in total. The predicted octanol–water partition coefficient (Wildman–Crippen LogP) is -2.49. The van der Waals surface area contributed by atoms with E-state index in [2.05, 4.69) is 0 Å². The van der Waals surface area contributed by atoms with Crippen LogP contribution >= 0.6 is 0 Å². The van der Waals surface area contributed by atoms with Gasteiger partial charge in [0.2, 0.25) is 0 Å². The maximum atomic E-state index is 8.89. The minimum atomic E-state index is -1.08. The molecule has 60 valence electrons. The Morgan fingerprint density at radius 3 is 1.00 bits per heavy atom. The van der Waals surface area contributed by atoms with Gasteiger partial charge in [0.15, 0.2) is 0 Å². The second kappa shape index (κ2) is 16.0. The van der Waals surface area contributed by atoms with Crippen LogP contribution in [0.25, 0.3) is 0 Å². The van der Waals surface area contributed by atoms with Crippen molar-refractivity contribution >= 4 is 11.9 Å². The molecule has 2 radical (unpaired) electrons. The van der Waals surface area contributed by atoms with Crippen LogP contribution in [-0.4, -0.2) is 11.9 Å². The summed E-state index contributed by atoms with van der Waals surface area (Å²) < 4.78 is 0. The zero-order valence-electron chi connectivity index (χ0n) is 5.34. The Bertz CT molecular complexity index is 75.3. The largest absolute Gasteiger partial charge is 2.00 e. The monoisotopic (exact) mass is 232 g/mol. The third kappa shape index (κ3) is 334000. The average molecular weight is 232 g/mol. The van der Waals surface area contributed by atoms with Gasteiger partial charge in [-0.2, -0.15) is 0 Å². The van der Waals surface area contributed by atoms with Gasteiger partial charge in [0, 0.05) is 11.9 Å². The number of rotatable bonds is 0. The first kappa shape index (κ1) is 22.5. The fourth-order valence-electron chi connectivity index (χ4n) is 0. The Labute approximate surface area is 79.7 Å². The summed E-state index contributed by atoms with van der Waals surface area (Å²) in [4.78, 5) is 17.8. The molecule has 0 amide bonds. The van der Waals surface area contributed by atoms with E-state index in [1.807, 2.05) is 0 Å². The van der Waals surface area contributed by atoms with Crippen LogP contribution in [0.4, 0.5) is 0 Å². The summed E-state index contributed by atoms with van der Waals surface area (Å²) in [5, 5.41) is 17.8. The molecule has 6 heteroatoms. The first-order valence-corrected chi connectivity index (χ1v) is 1.82. The number of carboxylic acid groups (broad SMARTS) is 2. The van der Waals surface area contributed by atoms with Crippen molar-refractivity contribution in [1.29, 1.82) is 0 Å². The Kier molecular flexibility index (Phi) is 36.0. The van der Waals surface area contributed by atoms with Crippen molar-refractivity contribution in [3.63, 3.8) is 0 Å². The van der Waals surface area contributed by atoms with E-state index in [-0.39, 0.29) is 33.8 Å². The number of carbonyl (C=O) groups excluding carboxylic acids is 2. The number of hydrogen-bond acceptors (Lipinski definition) is 4. The average Bonchev–Trinajstić information content (AvgIpc) is 1.25. The van der Waals surface area contributed by atoms with E-state index in [1.54, 1.807) is 0 Å². The molecule has 0 aromatic heterocycles. The van der Waals surface area contributed by atoms with Gasteiger partial charge in [0.05, 0.1) is 0 Å². The first-order valence-electron chi connectivity index (χ1n) is 1.82. The van der Waals surface area contributed by atoms with Crippen LogP contribution in [0.2, 0.25) is 0 Å². The minimum absolute atomic E-state index is 0. The van der Waals surface area contributed by atoms with Crippen molar-refractivity contribution in [1.82, 2.24) is 0 Å². The maximum absolute atomic E-state index is 8.89. The van der Waals surface area contributed by atoms with Gasteiger partial charge >= 0.3 is 33.8 Å². The standard InChI is InChI=1S/2C2H4O2.Co.Mn/c2*1-2(3)4;;/h2*1H3,(H,3,4);;/q;;2*+2/p-2. The maximum Gasteiger partial charge on any atom is 2.00 e. The van der Waals surface area contributed by atoms with Crippen molar-refractivity contribution in [2.24, 2.45) is 0 Å². The number of carbonyl (C=O) groups is 2. The van der Waals surface area contributed by atoms with Crippen LogP contribution in [0, 0.1) is 0 Å². The molecule has 0 aromatic rings. The van der Waals surface area contributed by atoms with E-state index in [0.29, 0.717) is 0 Å². The normalized spacial score (nSPS) is 5.00. The SMILES string of the molecule is CC(=O)[O-].CC(=O)[O-].[Co+2].[Mn+2]. The van der Waals surface area contributed by atoms with E-state index >= 15 is 0 Å². The molecule has 0 N–H and O–H groups in total. The molecule has 0 bridgehead atoms. The van der Waals surface area contributed by atoms with Crippen LogP contribution < -0.4 is 10.2 Å². The minimum Gasteiger partial charge on any atom is -0.550 e. The molecule has 0 rings (SSSR count). The van der Waals surface area contributed by atoms with Gasteiger partial charge in [-0.3, -0.25) is 0 Å². The van der Waals surface area contributed by atoms with Crippen LogP contribution in [-0.2, 0) is 43.4 Å². The van der Waals surface area contributed by atoms with Crippen LogP contribution in [0.5, 0.6) is 0 Å². The Hall–Kier alpha value is -0.0340. The molecule has 0 aliphatic carbocycles. The van der Waals surface area contributed by atoms with Crippen LogP contribution in [0.1, 0.15) is 13.8 Å². The third-order valence-electron chi connectivity index (χ3n) is 0. The molecule has 0 aliphatic heterocycles. The Balaban J connectivity index is -0.0000000300. The van der Waals surface area contributed by atoms with Gasteiger partial charge in [-0.15, -0.1) is 0 Å². The summed E-state index contributed by atoms with van der Waals surface area (Å²) in [5.41, 5.74) is 0. The molecular formula is C4H6CoMnO4+2. The van der Waals surface area contributed by atoms with Gasteiger partial charge in [-0.05, 0) is 13.8 Å². The van der Waals surface area contributed by atoms with Gasteiger partial charge in [0.25, 0.3) is 0 Å². The van der Waals surface area contributed by atoms with E-state index < -0.39 is 11.9 Å². The van der Waals surface area contributed by atoms with Gasteiger partial charge in [-0.1, -0.05) is 0 Å². The predicted molar refractivity (Wildman–Crippen MR) is 21.4 cm³/mol. The zero-order chi connectivity index (χ0) is 7.15. The molecular weight excluding hydrogens is 226 g/mol. The van der Waals surface area contributed by atoms with E-state index in [9.17, 15) is 0 Å². The van der Waals surface area contributed by atoms with Crippen LogP contribution in [0.15, 0.2) is 0 Å². The second-order valence-electron chi connectivity index (χ2n) is 0.983. The molecule has 0 aliphatic rings. The summed E-state index contributed by atoms with van der Waals surface area (Å²) in [7, 11) is 0. The van der Waals surface area contributed by atoms with Gasteiger partial charge in [-0.25, -0.2) is 0 Å². The molecule has 0 spiro atoms. The summed E-state index contributed by atoms with van der Waals surface area (Å²) in [6, 6.07) is 0. The quantitative estimate of drug-likeness (QED) is 0.432. The Morgan fingerprint density at radius 1 is 1.00 bits per heavy atom. The summed E-state index contributed by atoms with van der Waals surface area (Å²) in [6.45, 7) is 1.94. The molecule has 10 heavy (non-hydrogen) atoms. The zero-order valence-corrected chi connectivity index (χ0v) is 7.57. The van der Waals surface area contributed by atoms with Crippen molar-refractivity contribution in [2.75, 3.05) is 0 Å². The fourth-order valence-corrected chi connectivity index (χ4v) is 0. The second-order valence-corrected chi connectivity index (χ2v) is 0.983. The molecule has 0 aromatic carbocycles. The van der Waals surface area contributed by atoms with E-state index in [1.165, 1.54) is 0 Å². The molecule has 0 heterocycles. The molecule has 0 unspecified atom stereocenters. The van der Waals surface area contributed by atoms with E-state index in [0.717, 1.165) is 13.8 Å². The van der Waals surface area contributed by atoms with Gasteiger partial charge < -0.3 is 19.8 Å². The summed E-state index contributed by atoms with van der Waals surface area (Å²) in [5.74, 6) is -2.17. The van der Waals surface area contributed by atoms with Crippen LogP contribution in [0.3, 0.4) is 0 Å². The smallest absolute Gasteiger partial charge is 0.550 e. The Morgan fingerprint density at radius 2 is 1.00 bits per heavy atom. The summed E-state index contributed by atoms with van der Waals surface area (Å²) >= 11 is 0.